The third kappa shape index (κ3) is 2.31. The van der Waals surface area contributed by atoms with E-state index in [4.69, 9.17) is 20.9 Å². The van der Waals surface area contributed by atoms with Crippen LogP contribution in [0.15, 0.2) is 42.6 Å². The van der Waals surface area contributed by atoms with E-state index in [9.17, 15) is 5.11 Å². The van der Waals surface area contributed by atoms with E-state index in [1.54, 1.807) is 7.11 Å². The largest absolute Gasteiger partial charge is 0.494 e. The van der Waals surface area contributed by atoms with Crippen molar-refractivity contribution in [3.63, 3.8) is 0 Å². The van der Waals surface area contributed by atoms with E-state index in [0.29, 0.717) is 17.8 Å². The van der Waals surface area contributed by atoms with Gasteiger partial charge in [-0.25, -0.2) is 0 Å². The van der Waals surface area contributed by atoms with Crippen molar-refractivity contribution in [3.8, 4) is 5.88 Å². The van der Waals surface area contributed by atoms with E-state index in [1.165, 1.54) is 0 Å². The Labute approximate surface area is 211 Å². The molecule has 9 heteroatoms. The zero-order valence-electron chi connectivity index (χ0n) is 20.8. The van der Waals surface area contributed by atoms with Crippen molar-refractivity contribution in [1.82, 2.24) is 19.4 Å². The van der Waals surface area contributed by atoms with Gasteiger partial charge in [0.15, 0.2) is 11.6 Å². The summed E-state index contributed by atoms with van der Waals surface area (Å²) in [5, 5.41) is 20.3. The lowest BCUT2D eigenvalue weighted by Gasteiger charge is -2.48. The highest BCUT2D eigenvalue weighted by atomic mass is 16.6. The number of hydrogen-bond donors (Lipinski definition) is 5. The first kappa shape index (κ1) is 21.2. The number of nitrogens with one attached hydrogen (secondary N) is 2. The molecule has 8 rings (SSSR count). The molecule has 0 aliphatic carbocycles. The molecule has 4 atom stereocenters. The Morgan fingerprint density at radius 2 is 1.73 bits per heavy atom. The van der Waals surface area contributed by atoms with Crippen LogP contribution >= 0.6 is 0 Å². The number of aromatic nitrogens is 3. The number of anilines is 2. The van der Waals surface area contributed by atoms with Gasteiger partial charge in [-0.15, -0.1) is 0 Å². The Kier molecular flexibility index (Phi) is 3.83. The van der Waals surface area contributed by atoms with Crippen molar-refractivity contribution in [2.75, 3.05) is 25.6 Å². The van der Waals surface area contributed by atoms with Crippen LogP contribution in [0.5, 0.6) is 5.88 Å². The minimum atomic E-state index is -0.834. The van der Waals surface area contributed by atoms with Gasteiger partial charge in [0, 0.05) is 64.1 Å². The van der Waals surface area contributed by atoms with Crippen molar-refractivity contribution in [2.24, 2.45) is 0 Å². The molecule has 188 valence electrons. The van der Waals surface area contributed by atoms with Gasteiger partial charge in [0.05, 0.1) is 27.5 Å². The van der Waals surface area contributed by atoms with Gasteiger partial charge in [0.1, 0.15) is 12.3 Å². The highest BCUT2D eigenvalue weighted by molar-refractivity contribution is 6.37. The van der Waals surface area contributed by atoms with Crippen molar-refractivity contribution < 1.29 is 14.6 Å². The molecule has 0 saturated carbocycles. The van der Waals surface area contributed by atoms with E-state index < -0.39 is 5.72 Å². The van der Waals surface area contributed by atoms with Gasteiger partial charge in [0.25, 0.3) is 0 Å². The zero-order chi connectivity index (χ0) is 25.4. The fourth-order valence-electron chi connectivity index (χ4n) is 7.34. The van der Waals surface area contributed by atoms with E-state index in [-0.39, 0.29) is 24.3 Å². The lowest BCUT2D eigenvalue weighted by Crippen LogP contribution is -2.59. The first-order valence-electron chi connectivity index (χ1n) is 12.5. The van der Waals surface area contributed by atoms with E-state index in [2.05, 4.69) is 38.5 Å². The summed E-state index contributed by atoms with van der Waals surface area (Å²) in [4.78, 5) is 3.08. The molecule has 0 radical (unpaired) electrons. The van der Waals surface area contributed by atoms with Crippen LogP contribution in [-0.4, -0.2) is 45.5 Å². The summed E-state index contributed by atoms with van der Waals surface area (Å²) < 4.78 is 17.8. The van der Waals surface area contributed by atoms with Gasteiger partial charge in [-0.1, -0.05) is 0 Å². The number of fused-ring (bicyclic) bond motifs is 13. The van der Waals surface area contributed by atoms with E-state index in [0.717, 1.165) is 54.4 Å². The number of nitrogen functional groups attached to an aromatic ring is 2. The number of ether oxygens (including phenoxy) is 2. The Morgan fingerprint density at radius 3 is 2.43 bits per heavy atom. The molecule has 2 aliphatic heterocycles. The molecule has 3 aromatic heterocycles. The van der Waals surface area contributed by atoms with Gasteiger partial charge in [0.2, 0.25) is 0 Å². The van der Waals surface area contributed by atoms with Crippen molar-refractivity contribution >= 4 is 65.8 Å². The Bertz CT molecular complexity index is 1950. The molecule has 2 aliphatic rings. The molecular formula is C28H28N6O3. The Hall–Kier alpha value is -3.92. The monoisotopic (exact) mass is 496 g/mol. The molecule has 0 amide bonds. The van der Waals surface area contributed by atoms with Crippen LogP contribution in [0, 0.1) is 0 Å². The number of nitrogens with two attached hydrogens (primary N) is 2. The number of likely N-dealkylation sites (N-methyl/N-ethyl adjacent to an activating group) is 1. The molecule has 6 aromatic rings. The minimum Gasteiger partial charge on any atom is -0.494 e. The number of aromatic amines is 1. The standard InChI is InChI=1S/C28H28N6O3/c1-28-26(36-3)17(31-2)10-20(37-28)33-18-6-4-12(29)8-14(18)22-23-16(11-32-27(23)35)21-15-9-13(30)5-7-19(15)34(28)25(21)24(22)33/h4-9,11,17,20,26,31-32,35H,10,29-30H2,1-3H3/t17-,20?,26-,28?/m1/s1. The molecule has 1 fully saturated rings. The maximum absolute atomic E-state index is 11.1. The highest BCUT2D eigenvalue weighted by Crippen LogP contribution is 2.54. The summed E-state index contributed by atoms with van der Waals surface area (Å²) in [6.07, 6.45) is 2.05. The Morgan fingerprint density at radius 1 is 1.03 bits per heavy atom. The molecule has 7 N–H and O–H groups in total. The highest BCUT2D eigenvalue weighted by Gasteiger charge is 2.52. The number of benzene rings is 3. The van der Waals surface area contributed by atoms with Crippen LogP contribution in [-0.2, 0) is 15.2 Å². The van der Waals surface area contributed by atoms with Crippen LogP contribution in [0.2, 0.25) is 0 Å². The average Bonchev–Trinajstić information content (AvgIpc) is 3.50. The maximum Gasteiger partial charge on any atom is 0.197 e. The quantitative estimate of drug-likeness (QED) is 0.225. The fraction of sp³-hybridized carbons (Fsp3) is 0.286. The third-order valence-corrected chi connectivity index (χ3v) is 8.70. The van der Waals surface area contributed by atoms with Gasteiger partial charge in [-0.2, -0.15) is 0 Å². The predicted molar refractivity (Wildman–Crippen MR) is 147 cm³/mol. The summed E-state index contributed by atoms with van der Waals surface area (Å²) in [5.74, 6) is 0.130. The summed E-state index contributed by atoms with van der Waals surface area (Å²) in [5.41, 5.74) is 17.2. The molecule has 37 heavy (non-hydrogen) atoms. The number of H-pyrrole nitrogens is 1. The lowest BCUT2D eigenvalue weighted by molar-refractivity contribution is -0.256. The fourth-order valence-corrected chi connectivity index (χ4v) is 7.34. The first-order valence-corrected chi connectivity index (χ1v) is 12.5. The van der Waals surface area contributed by atoms with Crippen molar-refractivity contribution in [3.05, 3.63) is 42.6 Å². The second kappa shape index (κ2) is 6.69. The normalized spacial score (nSPS) is 25.3. The smallest absolute Gasteiger partial charge is 0.197 e. The zero-order valence-corrected chi connectivity index (χ0v) is 20.8. The number of nitrogens with zero attached hydrogens (tertiary/aromatic N) is 2. The number of methoxy groups -OCH3 is 1. The lowest BCUT2D eigenvalue weighted by atomic mass is 9.93. The molecule has 5 heterocycles. The second-order valence-corrected chi connectivity index (χ2v) is 10.5. The summed E-state index contributed by atoms with van der Waals surface area (Å²) in [6.45, 7) is 2.12. The maximum atomic E-state index is 11.1. The van der Waals surface area contributed by atoms with Crippen LogP contribution in [0.4, 0.5) is 11.4 Å². The second-order valence-electron chi connectivity index (χ2n) is 10.5. The molecule has 0 spiro atoms. The molecule has 1 saturated heterocycles. The molecule has 3 aromatic carbocycles. The van der Waals surface area contributed by atoms with Crippen LogP contribution < -0.4 is 16.8 Å². The number of hydrogen-bond acceptors (Lipinski definition) is 6. The van der Waals surface area contributed by atoms with E-state index in [1.807, 2.05) is 37.5 Å². The third-order valence-electron chi connectivity index (χ3n) is 8.70. The first-order chi connectivity index (χ1) is 17.9. The number of aromatic hydroxyl groups is 1. The van der Waals surface area contributed by atoms with Gasteiger partial charge < -0.3 is 45.5 Å². The van der Waals surface area contributed by atoms with Crippen molar-refractivity contribution in [1.29, 1.82) is 0 Å². The molecule has 2 bridgehead atoms. The van der Waals surface area contributed by atoms with Gasteiger partial charge in [-0.05, 0) is 50.4 Å². The summed E-state index contributed by atoms with van der Waals surface area (Å²) in [7, 11) is 3.72. The average molecular weight is 497 g/mol. The van der Waals surface area contributed by atoms with Crippen LogP contribution in [0.3, 0.4) is 0 Å². The number of rotatable bonds is 2. The molecule has 9 nitrogen and oxygen atoms in total. The van der Waals surface area contributed by atoms with Gasteiger partial charge in [-0.3, -0.25) is 0 Å². The minimum absolute atomic E-state index is 0.0330. The van der Waals surface area contributed by atoms with Crippen molar-refractivity contribution in [2.45, 2.75) is 37.4 Å². The topological polar surface area (TPSA) is 128 Å². The Balaban J connectivity index is 1.75. The SMILES string of the molecule is CN[C@@H]1CC2OC(C)([C@@H]1OC)n1c3ccc(N)cc3c3c4c[nH]c(O)c4c4c5cc(N)ccc5n2c4c31. The molecular weight excluding hydrogens is 468 g/mol. The van der Waals surface area contributed by atoms with Gasteiger partial charge >= 0.3 is 0 Å². The van der Waals surface area contributed by atoms with E-state index >= 15 is 0 Å². The van der Waals surface area contributed by atoms with Crippen LogP contribution in [0.1, 0.15) is 19.6 Å². The van der Waals surface area contributed by atoms with Crippen LogP contribution in [0.25, 0.3) is 54.4 Å². The molecule has 2 unspecified atom stereocenters. The summed E-state index contributed by atoms with van der Waals surface area (Å²) in [6, 6.07) is 12.0. The predicted octanol–water partition coefficient (Wildman–Crippen LogP) is 4.46. The summed E-state index contributed by atoms with van der Waals surface area (Å²) >= 11 is 0.